The molecule has 0 saturated heterocycles. The fraction of sp³-hybridized carbons (Fsp3) is 0.235. The van der Waals surface area contributed by atoms with Crippen molar-refractivity contribution in [2.75, 3.05) is 7.05 Å². The predicted molar refractivity (Wildman–Crippen MR) is 84.3 cm³/mol. The molecule has 124 valence electrons. The van der Waals surface area contributed by atoms with Crippen LogP contribution in [0.25, 0.3) is 0 Å². The van der Waals surface area contributed by atoms with E-state index >= 15 is 0 Å². The van der Waals surface area contributed by atoms with E-state index in [0.29, 0.717) is 17.3 Å². The monoisotopic (exact) mass is 327 g/mol. The summed E-state index contributed by atoms with van der Waals surface area (Å²) in [5.74, 6) is 0.783. The molecule has 0 aliphatic rings. The molecule has 0 aliphatic heterocycles. The number of amides is 1. The summed E-state index contributed by atoms with van der Waals surface area (Å²) in [7, 11) is 1.68. The first-order valence-electron chi connectivity index (χ1n) is 7.45. The molecule has 0 radical (unpaired) electrons. The topological polar surface area (TPSA) is 81.6 Å². The molecule has 2 aromatic heterocycles. The molecular formula is C17H17N3O4. The molecule has 0 bridgehead atoms. The molecule has 0 fully saturated rings. The fourth-order valence-electron chi connectivity index (χ4n) is 2.13. The highest BCUT2D eigenvalue weighted by atomic mass is 16.5. The highest BCUT2D eigenvalue weighted by Crippen LogP contribution is 2.19. The van der Waals surface area contributed by atoms with Crippen molar-refractivity contribution in [1.29, 1.82) is 0 Å². The molecule has 0 saturated carbocycles. The van der Waals surface area contributed by atoms with Gasteiger partial charge < -0.3 is 18.6 Å². The molecule has 1 aromatic carbocycles. The zero-order valence-corrected chi connectivity index (χ0v) is 13.4. The highest BCUT2D eigenvalue weighted by Gasteiger charge is 2.23. The summed E-state index contributed by atoms with van der Waals surface area (Å²) in [5, 5.41) is 3.85. The lowest BCUT2D eigenvalue weighted by Gasteiger charge is -2.21. The van der Waals surface area contributed by atoms with Gasteiger partial charge in [-0.25, -0.2) is 4.98 Å². The van der Waals surface area contributed by atoms with Crippen molar-refractivity contribution in [3.05, 3.63) is 66.2 Å². The zero-order chi connectivity index (χ0) is 16.9. The second kappa shape index (κ2) is 6.99. The number of benzene rings is 1. The maximum Gasteiger partial charge on any atom is 0.276 e. The Hall–Kier alpha value is -3.09. The number of hydrogen-bond donors (Lipinski definition) is 0. The van der Waals surface area contributed by atoms with E-state index in [9.17, 15) is 4.79 Å². The smallest absolute Gasteiger partial charge is 0.276 e. The van der Waals surface area contributed by atoms with E-state index < -0.39 is 0 Å². The Kier molecular flexibility index (Phi) is 4.60. The van der Waals surface area contributed by atoms with Crippen molar-refractivity contribution in [3.63, 3.8) is 0 Å². The summed E-state index contributed by atoms with van der Waals surface area (Å²) in [6, 6.07) is 10.8. The number of aromatic nitrogens is 2. The average molecular weight is 327 g/mol. The van der Waals surface area contributed by atoms with E-state index in [1.165, 1.54) is 17.4 Å². The number of para-hydroxylation sites is 1. The van der Waals surface area contributed by atoms with E-state index in [-0.39, 0.29) is 24.2 Å². The van der Waals surface area contributed by atoms with Crippen LogP contribution in [0.15, 0.2) is 57.9 Å². The van der Waals surface area contributed by atoms with Crippen molar-refractivity contribution in [3.8, 4) is 5.75 Å². The summed E-state index contributed by atoms with van der Waals surface area (Å²) in [4.78, 5) is 18.2. The molecule has 3 aromatic rings. The van der Waals surface area contributed by atoms with E-state index in [2.05, 4.69) is 10.1 Å². The van der Waals surface area contributed by atoms with Gasteiger partial charge in [0.05, 0.1) is 6.04 Å². The largest absolute Gasteiger partial charge is 0.484 e. The van der Waals surface area contributed by atoms with Crippen LogP contribution in [0.3, 0.4) is 0 Å². The number of oxazole rings is 1. The van der Waals surface area contributed by atoms with Crippen LogP contribution in [0.4, 0.5) is 0 Å². The zero-order valence-electron chi connectivity index (χ0n) is 13.4. The molecule has 1 unspecified atom stereocenters. The summed E-state index contributed by atoms with van der Waals surface area (Å²) in [6.07, 6.45) is 2.80. The average Bonchev–Trinajstić information content (AvgIpc) is 3.30. The van der Waals surface area contributed by atoms with Crippen LogP contribution in [0.2, 0.25) is 0 Å². The normalized spacial score (nSPS) is 11.9. The van der Waals surface area contributed by atoms with Gasteiger partial charge in [-0.05, 0) is 19.1 Å². The van der Waals surface area contributed by atoms with Crippen molar-refractivity contribution in [2.45, 2.75) is 19.6 Å². The molecule has 24 heavy (non-hydrogen) atoms. The van der Waals surface area contributed by atoms with Crippen LogP contribution in [0, 0.1) is 0 Å². The first-order chi connectivity index (χ1) is 11.6. The molecule has 1 amide bonds. The van der Waals surface area contributed by atoms with Gasteiger partial charge in [-0.3, -0.25) is 4.79 Å². The van der Waals surface area contributed by atoms with Crippen LogP contribution >= 0.6 is 0 Å². The lowest BCUT2D eigenvalue weighted by Crippen LogP contribution is -2.30. The molecule has 7 heteroatoms. The van der Waals surface area contributed by atoms with Crippen LogP contribution in [-0.4, -0.2) is 28.0 Å². The number of nitrogens with zero attached hydrogens (tertiary/aromatic N) is 3. The molecule has 2 heterocycles. The Bertz CT molecular complexity index is 783. The second-order valence-electron chi connectivity index (χ2n) is 5.24. The predicted octanol–water partition coefficient (Wildman–Crippen LogP) is 3.07. The van der Waals surface area contributed by atoms with Gasteiger partial charge in [0.2, 0.25) is 5.89 Å². The maximum atomic E-state index is 12.5. The van der Waals surface area contributed by atoms with E-state index in [1.54, 1.807) is 13.1 Å². The van der Waals surface area contributed by atoms with Crippen LogP contribution in [0.1, 0.15) is 35.0 Å². The molecule has 1 atom stereocenters. The fourth-order valence-corrected chi connectivity index (χ4v) is 2.13. The number of ether oxygens (including phenoxy) is 1. The molecular weight excluding hydrogens is 310 g/mol. The molecule has 0 N–H and O–H groups in total. The number of carbonyl (C=O) groups excluding carboxylic acids is 1. The van der Waals surface area contributed by atoms with Crippen molar-refractivity contribution in [1.82, 2.24) is 15.0 Å². The number of carbonyl (C=O) groups is 1. The molecule has 7 nitrogen and oxygen atoms in total. The first-order valence-corrected chi connectivity index (χ1v) is 7.45. The van der Waals surface area contributed by atoms with Crippen LogP contribution in [-0.2, 0) is 6.61 Å². The van der Waals surface area contributed by atoms with Gasteiger partial charge in [0, 0.05) is 13.1 Å². The van der Waals surface area contributed by atoms with Crippen LogP contribution in [0.5, 0.6) is 5.75 Å². The van der Waals surface area contributed by atoms with Gasteiger partial charge in [0.1, 0.15) is 24.0 Å². The van der Waals surface area contributed by atoms with Crippen LogP contribution < -0.4 is 4.74 Å². The SMILES string of the molecule is CC(c1ccon1)N(C)C(=O)c1coc(COc2ccccc2)n1. The summed E-state index contributed by atoms with van der Waals surface area (Å²) in [5.41, 5.74) is 0.890. The van der Waals surface area contributed by atoms with Gasteiger partial charge >= 0.3 is 0 Å². The van der Waals surface area contributed by atoms with Crippen molar-refractivity contribution < 1.29 is 18.5 Å². The Morgan fingerprint density at radius 3 is 2.79 bits per heavy atom. The molecule has 0 spiro atoms. The lowest BCUT2D eigenvalue weighted by molar-refractivity contribution is 0.0731. The van der Waals surface area contributed by atoms with Crippen molar-refractivity contribution in [2.24, 2.45) is 0 Å². The third-order valence-electron chi connectivity index (χ3n) is 3.66. The van der Waals surface area contributed by atoms with E-state index in [4.69, 9.17) is 13.7 Å². The first kappa shape index (κ1) is 15.8. The van der Waals surface area contributed by atoms with Crippen molar-refractivity contribution >= 4 is 5.91 Å². The summed E-state index contributed by atoms with van der Waals surface area (Å²) in [6.45, 7) is 2.01. The van der Waals surface area contributed by atoms with Gasteiger partial charge in [-0.1, -0.05) is 23.4 Å². The highest BCUT2D eigenvalue weighted by molar-refractivity contribution is 5.92. The van der Waals surface area contributed by atoms with Gasteiger partial charge in [-0.2, -0.15) is 0 Å². The minimum atomic E-state index is -0.264. The molecule has 3 rings (SSSR count). The third-order valence-corrected chi connectivity index (χ3v) is 3.66. The summed E-state index contributed by atoms with van der Waals surface area (Å²) >= 11 is 0. The standard InChI is InChI=1S/C17H17N3O4/c1-12(14-8-9-24-19-14)20(2)17(21)15-10-23-16(18-15)11-22-13-6-4-3-5-7-13/h3-10,12H,11H2,1-2H3. The number of rotatable bonds is 6. The number of hydrogen-bond acceptors (Lipinski definition) is 6. The van der Waals surface area contributed by atoms with E-state index in [1.807, 2.05) is 37.3 Å². The Balaban J connectivity index is 1.63. The summed E-state index contributed by atoms with van der Waals surface area (Å²) < 4.78 is 15.7. The Morgan fingerprint density at radius 2 is 2.08 bits per heavy atom. The van der Waals surface area contributed by atoms with Gasteiger partial charge in [-0.15, -0.1) is 0 Å². The molecule has 0 aliphatic carbocycles. The maximum absolute atomic E-state index is 12.5. The minimum absolute atomic E-state index is 0.153. The van der Waals surface area contributed by atoms with Gasteiger partial charge in [0.25, 0.3) is 5.91 Å². The Labute approximate surface area is 138 Å². The minimum Gasteiger partial charge on any atom is -0.484 e. The van der Waals surface area contributed by atoms with E-state index in [0.717, 1.165) is 0 Å². The second-order valence-corrected chi connectivity index (χ2v) is 5.24. The quantitative estimate of drug-likeness (QED) is 0.692. The Morgan fingerprint density at radius 1 is 1.29 bits per heavy atom. The third kappa shape index (κ3) is 3.45. The van der Waals surface area contributed by atoms with Gasteiger partial charge in [0.15, 0.2) is 12.3 Å². The lowest BCUT2D eigenvalue weighted by atomic mass is 10.2.